The number of nitrogens with zero attached hydrogens (tertiary/aromatic N) is 2. The molecule has 17 heteroatoms. The summed E-state index contributed by atoms with van der Waals surface area (Å²) in [5.41, 5.74) is 5.82. The number of ether oxygens (including phenoxy) is 3. The van der Waals surface area contributed by atoms with Gasteiger partial charge in [-0.3, -0.25) is 4.79 Å². The van der Waals surface area contributed by atoms with E-state index in [1.165, 1.54) is 36.4 Å². The number of nitrogens with two attached hydrogens (primary N) is 1. The molecule has 2 fully saturated rings. The summed E-state index contributed by atoms with van der Waals surface area (Å²) in [5.74, 6) is -1.46. The minimum atomic E-state index is -4.28. The highest BCUT2D eigenvalue weighted by Crippen LogP contribution is 2.39. The van der Waals surface area contributed by atoms with Crippen LogP contribution in [0.1, 0.15) is 40.4 Å². The lowest BCUT2D eigenvalue weighted by atomic mass is 10.0. The average Bonchev–Trinajstić information content (AvgIpc) is 3.69. The van der Waals surface area contributed by atoms with Gasteiger partial charge in [0.25, 0.3) is 0 Å². The lowest BCUT2D eigenvalue weighted by Gasteiger charge is -2.26. The van der Waals surface area contributed by atoms with Gasteiger partial charge in [-0.2, -0.15) is 17.8 Å². The molecular formula is C29H27Cl2F2N3O8S2. The van der Waals surface area contributed by atoms with Gasteiger partial charge >= 0.3 is 12.6 Å². The number of hydrogen-bond acceptors (Lipinski definition) is 9. The fourth-order valence-electron chi connectivity index (χ4n) is 4.69. The van der Waals surface area contributed by atoms with Crippen molar-refractivity contribution in [2.45, 2.75) is 42.2 Å². The number of thioether (sulfide) groups is 1. The summed E-state index contributed by atoms with van der Waals surface area (Å²) in [6.45, 7) is -2.90. The maximum absolute atomic E-state index is 13.7. The Balaban J connectivity index is 1.48. The van der Waals surface area contributed by atoms with Crippen LogP contribution in [0, 0.1) is 11.1 Å². The third kappa shape index (κ3) is 7.94. The second-order valence-electron chi connectivity index (χ2n) is 10.5. The smallest absolute Gasteiger partial charge is 0.387 e. The molecule has 46 heavy (non-hydrogen) atoms. The van der Waals surface area contributed by atoms with Crippen molar-refractivity contribution in [3.8, 4) is 11.5 Å². The summed E-state index contributed by atoms with van der Waals surface area (Å²) in [6.07, 6.45) is 2.62. The summed E-state index contributed by atoms with van der Waals surface area (Å²) in [5, 5.41) is 10.5. The molecule has 0 spiro atoms. The molecule has 3 aromatic rings. The van der Waals surface area contributed by atoms with Crippen molar-refractivity contribution in [1.82, 2.24) is 4.31 Å². The number of amides is 1. The SMILES string of the molecule is NC(=O)c1cccc(S(=O)(=O)N2CCS[C@H]2C(=O)O[C@@H](Cc2c(Cl)c[n+]([O-])cc2Cl)c2ccc(OC(F)F)c(OCC3CC3)c2)c1. The van der Waals surface area contributed by atoms with Crippen LogP contribution in [0.2, 0.25) is 10.0 Å². The van der Waals surface area contributed by atoms with E-state index in [1.807, 2.05) is 0 Å². The third-order valence-electron chi connectivity index (χ3n) is 7.21. The zero-order valence-corrected chi connectivity index (χ0v) is 27.0. The van der Waals surface area contributed by atoms with Gasteiger partial charge in [0, 0.05) is 29.8 Å². The number of primary amides is 1. The maximum Gasteiger partial charge on any atom is 0.387 e. The predicted molar refractivity (Wildman–Crippen MR) is 164 cm³/mol. The number of carbonyl (C=O) groups excluding carboxylic acids is 2. The first-order valence-corrected chi connectivity index (χ1v) is 17.1. The highest BCUT2D eigenvalue weighted by atomic mass is 35.5. The number of hydrogen-bond donors (Lipinski definition) is 1. The van der Waals surface area contributed by atoms with Crippen LogP contribution in [-0.4, -0.2) is 55.5 Å². The molecule has 11 nitrogen and oxygen atoms in total. The van der Waals surface area contributed by atoms with Gasteiger partial charge in [0.1, 0.15) is 16.1 Å². The molecule has 1 amide bonds. The Morgan fingerprint density at radius 3 is 2.48 bits per heavy atom. The zero-order valence-electron chi connectivity index (χ0n) is 23.8. The van der Waals surface area contributed by atoms with Gasteiger partial charge in [-0.05, 0) is 54.7 Å². The molecule has 1 saturated heterocycles. The molecule has 2 aliphatic rings. The summed E-state index contributed by atoms with van der Waals surface area (Å²) < 4.78 is 71.2. The van der Waals surface area contributed by atoms with Crippen molar-refractivity contribution in [2.24, 2.45) is 11.7 Å². The molecule has 2 N–H and O–H groups in total. The number of esters is 1. The Bertz CT molecular complexity index is 1720. The van der Waals surface area contributed by atoms with Gasteiger partial charge in [0.2, 0.25) is 15.9 Å². The van der Waals surface area contributed by atoms with Crippen LogP contribution < -0.4 is 19.9 Å². The van der Waals surface area contributed by atoms with Crippen LogP contribution in [0.15, 0.2) is 59.8 Å². The predicted octanol–water partition coefficient (Wildman–Crippen LogP) is 4.71. The number of benzene rings is 2. The first kappa shape index (κ1) is 34.0. The molecular weight excluding hydrogens is 691 g/mol. The van der Waals surface area contributed by atoms with Crippen LogP contribution >= 0.6 is 35.0 Å². The Hall–Kier alpha value is -3.37. The van der Waals surface area contributed by atoms with Gasteiger partial charge in [-0.1, -0.05) is 35.3 Å². The summed E-state index contributed by atoms with van der Waals surface area (Å²) in [4.78, 5) is 25.2. The molecule has 1 saturated carbocycles. The van der Waals surface area contributed by atoms with Crippen molar-refractivity contribution in [1.29, 1.82) is 0 Å². The fraction of sp³-hybridized carbons (Fsp3) is 0.345. The normalized spacial score (nSPS) is 17.5. The van der Waals surface area contributed by atoms with E-state index in [4.69, 9.17) is 38.4 Å². The fourth-order valence-corrected chi connectivity index (χ4v) is 8.38. The van der Waals surface area contributed by atoms with E-state index in [1.54, 1.807) is 0 Å². The molecule has 1 aliphatic carbocycles. The number of pyridine rings is 1. The van der Waals surface area contributed by atoms with E-state index in [-0.39, 0.29) is 74.4 Å². The van der Waals surface area contributed by atoms with E-state index in [0.29, 0.717) is 4.73 Å². The molecule has 246 valence electrons. The van der Waals surface area contributed by atoms with Crippen LogP contribution in [0.4, 0.5) is 8.78 Å². The molecule has 0 radical (unpaired) electrons. The van der Waals surface area contributed by atoms with Crippen molar-refractivity contribution in [3.63, 3.8) is 0 Å². The number of carbonyl (C=O) groups is 2. The lowest BCUT2D eigenvalue weighted by molar-refractivity contribution is -0.605. The molecule has 0 unspecified atom stereocenters. The van der Waals surface area contributed by atoms with E-state index in [0.717, 1.165) is 47.4 Å². The van der Waals surface area contributed by atoms with Crippen LogP contribution in [-0.2, 0) is 26.0 Å². The van der Waals surface area contributed by atoms with Gasteiger partial charge in [0.05, 0.1) is 11.5 Å². The second-order valence-corrected chi connectivity index (χ2v) is 14.4. The Morgan fingerprint density at radius 1 is 1.11 bits per heavy atom. The lowest BCUT2D eigenvalue weighted by Crippen LogP contribution is -2.40. The quantitative estimate of drug-likeness (QED) is 0.151. The largest absolute Gasteiger partial charge is 0.619 e. The Kier molecular flexibility index (Phi) is 10.5. The first-order valence-electron chi connectivity index (χ1n) is 13.9. The second kappa shape index (κ2) is 14.2. The van der Waals surface area contributed by atoms with Gasteiger partial charge in [-0.25, -0.2) is 13.2 Å². The zero-order chi connectivity index (χ0) is 33.2. The summed E-state index contributed by atoms with van der Waals surface area (Å²) in [6, 6.07) is 9.17. The molecule has 2 aromatic carbocycles. The minimum Gasteiger partial charge on any atom is -0.619 e. The van der Waals surface area contributed by atoms with Crippen molar-refractivity contribution in [3.05, 3.63) is 86.8 Å². The van der Waals surface area contributed by atoms with Gasteiger partial charge < -0.3 is 25.2 Å². The van der Waals surface area contributed by atoms with Crippen LogP contribution in [0.5, 0.6) is 11.5 Å². The number of aromatic nitrogens is 1. The molecule has 1 aliphatic heterocycles. The summed E-state index contributed by atoms with van der Waals surface area (Å²) in [7, 11) is -4.28. The van der Waals surface area contributed by atoms with Crippen molar-refractivity contribution >= 4 is 56.9 Å². The van der Waals surface area contributed by atoms with Gasteiger partial charge in [0.15, 0.2) is 29.3 Å². The standard InChI is InChI=1S/C29H27Cl2F2N3O8S2/c30-21-13-35(39)14-22(31)20(21)12-24(17-6-7-23(44-29(32)33)25(11-17)42-15-16-4-5-16)43-28(38)27-36(8-9-45-27)46(40,41)19-3-1-2-18(10-19)26(34)37/h1-3,6-7,10-11,13-14,16,24,27,29H,4-5,8-9,12,15H2,(H2,34,37)/t24-,27-/m0/s1. The molecule has 1 aromatic heterocycles. The van der Waals surface area contributed by atoms with Crippen LogP contribution in [0.25, 0.3) is 0 Å². The van der Waals surface area contributed by atoms with Crippen molar-refractivity contribution < 1.29 is 45.7 Å². The van der Waals surface area contributed by atoms with E-state index in [2.05, 4.69) is 4.74 Å². The van der Waals surface area contributed by atoms with Crippen LogP contribution in [0.3, 0.4) is 0 Å². The Labute approximate surface area is 277 Å². The minimum absolute atomic E-state index is 0.0119. The number of rotatable bonds is 13. The maximum atomic E-state index is 13.7. The average molecular weight is 719 g/mol. The topological polar surface area (TPSA) is 152 Å². The first-order chi connectivity index (χ1) is 21.8. The monoisotopic (exact) mass is 717 g/mol. The highest BCUT2D eigenvalue weighted by Gasteiger charge is 2.42. The molecule has 5 rings (SSSR count). The number of halogens is 4. The van der Waals surface area contributed by atoms with E-state index in [9.17, 15) is 32.0 Å². The summed E-state index contributed by atoms with van der Waals surface area (Å²) >= 11 is 13.7. The number of sulfonamides is 1. The van der Waals surface area contributed by atoms with Crippen molar-refractivity contribution in [2.75, 3.05) is 18.9 Å². The molecule has 0 bridgehead atoms. The highest BCUT2D eigenvalue weighted by molar-refractivity contribution is 8.02. The molecule has 2 heterocycles. The third-order valence-corrected chi connectivity index (χ3v) is 11.0. The molecule has 2 atom stereocenters. The number of alkyl halides is 2. The van der Waals surface area contributed by atoms with E-state index < -0.39 is 40.0 Å². The Morgan fingerprint density at radius 2 is 1.83 bits per heavy atom. The van der Waals surface area contributed by atoms with E-state index >= 15 is 0 Å². The van der Waals surface area contributed by atoms with Gasteiger partial charge in [-0.15, -0.1) is 11.8 Å².